The third-order valence-electron chi connectivity index (χ3n) is 3.45. The number of benzene rings is 2. The number of aryl methyl sites for hydroxylation is 1. The van der Waals surface area contributed by atoms with Crippen LogP contribution in [0.3, 0.4) is 0 Å². The minimum Gasteiger partial charge on any atom is -0.504 e. The van der Waals surface area contributed by atoms with Gasteiger partial charge < -0.3 is 15.5 Å². The number of phenols is 2. The normalized spacial score (nSPS) is 15.0. The molecule has 6 heteroatoms. The number of rotatable bonds is 1. The van der Waals surface area contributed by atoms with Crippen LogP contribution in [0.2, 0.25) is 5.02 Å². The molecule has 4 nitrogen and oxygen atoms in total. The number of halogens is 2. The van der Waals surface area contributed by atoms with E-state index in [1.807, 2.05) is 6.92 Å². The third-order valence-corrected chi connectivity index (χ3v) is 4.27. The molecule has 0 bridgehead atoms. The van der Waals surface area contributed by atoms with Gasteiger partial charge in [0.15, 0.2) is 11.5 Å². The molecule has 0 aliphatic carbocycles. The summed E-state index contributed by atoms with van der Waals surface area (Å²) in [6.45, 7) is 1.87. The van der Waals surface area contributed by atoms with Crippen LogP contribution in [-0.4, -0.2) is 16.1 Å². The standard InChI is InChI=1S/C16H11BrClNO3/c1-7-2-9(18)6-10-11(16(22)19-14(7)10)3-8-4-12(17)15(21)13(20)5-8/h2-6,20-21H,1H3,(H,19,22)/b11-3-. The number of carbonyl (C=O) groups is 1. The minimum absolute atomic E-state index is 0.232. The number of anilines is 1. The number of carbonyl (C=O) groups excluding carboxylic acids is 1. The second kappa shape index (κ2) is 5.34. The molecule has 0 fully saturated rings. The van der Waals surface area contributed by atoms with Crippen LogP contribution >= 0.6 is 27.5 Å². The maximum Gasteiger partial charge on any atom is 0.256 e. The summed E-state index contributed by atoms with van der Waals surface area (Å²) in [7, 11) is 0. The number of aromatic hydroxyl groups is 2. The van der Waals surface area contributed by atoms with Crippen LogP contribution in [0, 0.1) is 6.92 Å². The zero-order valence-corrected chi connectivity index (χ0v) is 13.8. The van der Waals surface area contributed by atoms with Gasteiger partial charge in [0.1, 0.15) is 0 Å². The lowest BCUT2D eigenvalue weighted by Crippen LogP contribution is -2.04. The zero-order chi connectivity index (χ0) is 16.0. The van der Waals surface area contributed by atoms with Crippen molar-refractivity contribution < 1.29 is 15.0 Å². The fraction of sp³-hybridized carbons (Fsp3) is 0.0625. The predicted octanol–water partition coefficient (Wildman–Crippen LogP) is 4.31. The average Bonchev–Trinajstić information content (AvgIpc) is 2.74. The third kappa shape index (κ3) is 2.46. The Kier molecular flexibility index (Phi) is 3.62. The highest BCUT2D eigenvalue weighted by atomic mass is 79.9. The van der Waals surface area contributed by atoms with E-state index in [1.54, 1.807) is 24.3 Å². The van der Waals surface area contributed by atoms with Crippen LogP contribution in [0.1, 0.15) is 16.7 Å². The van der Waals surface area contributed by atoms with E-state index < -0.39 is 0 Å². The molecule has 112 valence electrons. The fourth-order valence-corrected chi connectivity index (χ4v) is 3.16. The number of phenolic OH excluding ortho intramolecular Hbond substituents is 2. The molecule has 0 unspecified atom stereocenters. The molecule has 2 aromatic rings. The Morgan fingerprint density at radius 2 is 1.95 bits per heavy atom. The monoisotopic (exact) mass is 379 g/mol. The van der Waals surface area contributed by atoms with Crippen LogP contribution in [0.15, 0.2) is 28.7 Å². The molecule has 0 saturated carbocycles. The van der Waals surface area contributed by atoms with Gasteiger partial charge in [0, 0.05) is 16.2 Å². The van der Waals surface area contributed by atoms with Gasteiger partial charge in [-0.1, -0.05) is 11.6 Å². The Bertz CT molecular complexity index is 823. The molecule has 22 heavy (non-hydrogen) atoms. The summed E-state index contributed by atoms with van der Waals surface area (Å²) in [5.74, 6) is -0.733. The molecule has 1 aliphatic heterocycles. The molecule has 0 saturated heterocycles. The van der Waals surface area contributed by atoms with Crippen molar-refractivity contribution in [1.82, 2.24) is 0 Å². The van der Waals surface area contributed by atoms with Gasteiger partial charge in [-0.15, -0.1) is 0 Å². The van der Waals surface area contributed by atoms with E-state index in [2.05, 4.69) is 21.2 Å². The molecule has 1 aliphatic rings. The molecule has 0 aromatic heterocycles. The number of fused-ring (bicyclic) bond motifs is 1. The second-order valence-electron chi connectivity index (χ2n) is 5.03. The molecule has 0 radical (unpaired) electrons. The molecular formula is C16H11BrClNO3. The van der Waals surface area contributed by atoms with Crippen molar-refractivity contribution in [3.8, 4) is 11.5 Å². The number of hydrogen-bond acceptors (Lipinski definition) is 3. The summed E-state index contributed by atoms with van der Waals surface area (Å²) >= 11 is 9.22. The van der Waals surface area contributed by atoms with Gasteiger partial charge in [-0.3, -0.25) is 4.79 Å². The van der Waals surface area contributed by atoms with Crippen molar-refractivity contribution >= 4 is 50.8 Å². The van der Waals surface area contributed by atoms with Crippen molar-refractivity contribution in [3.05, 3.63) is 50.5 Å². The summed E-state index contributed by atoms with van der Waals surface area (Å²) in [5, 5.41) is 22.6. The molecule has 1 amide bonds. The van der Waals surface area contributed by atoms with E-state index in [9.17, 15) is 15.0 Å². The first-order chi connectivity index (χ1) is 10.4. The van der Waals surface area contributed by atoms with Gasteiger partial charge in [0.05, 0.1) is 10.2 Å². The van der Waals surface area contributed by atoms with Crippen LogP contribution in [-0.2, 0) is 4.79 Å². The van der Waals surface area contributed by atoms with E-state index >= 15 is 0 Å². The molecular weight excluding hydrogens is 370 g/mol. The first-order valence-corrected chi connectivity index (χ1v) is 7.59. The minimum atomic E-state index is -0.262. The fourth-order valence-electron chi connectivity index (χ4n) is 2.42. The molecule has 3 rings (SSSR count). The first-order valence-electron chi connectivity index (χ1n) is 6.42. The Morgan fingerprint density at radius 1 is 1.23 bits per heavy atom. The SMILES string of the molecule is Cc1cc(Cl)cc2c1NC(=O)/C2=C\c1cc(O)c(O)c(Br)c1. The summed E-state index contributed by atoms with van der Waals surface area (Å²) < 4.78 is 0.347. The topological polar surface area (TPSA) is 69.6 Å². The summed E-state index contributed by atoms with van der Waals surface area (Å²) in [6.07, 6.45) is 1.64. The largest absolute Gasteiger partial charge is 0.504 e. The summed E-state index contributed by atoms with van der Waals surface area (Å²) in [6, 6.07) is 6.51. The Balaban J connectivity index is 2.16. The van der Waals surface area contributed by atoms with Crippen LogP contribution in [0.4, 0.5) is 5.69 Å². The van der Waals surface area contributed by atoms with Gasteiger partial charge in [-0.05, 0) is 64.3 Å². The van der Waals surface area contributed by atoms with Gasteiger partial charge in [-0.25, -0.2) is 0 Å². The van der Waals surface area contributed by atoms with Gasteiger partial charge >= 0.3 is 0 Å². The van der Waals surface area contributed by atoms with Crippen LogP contribution in [0.25, 0.3) is 11.6 Å². The van der Waals surface area contributed by atoms with E-state index in [4.69, 9.17) is 11.6 Å². The van der Waals surface area contributed by atoms with Crippen molar-refractivity contribution in [1.29, 1.82) is 0 Å². The summed E-state index contributed by atoms with van der Waals surface area (Å²) in [5.41, 5.74) is 3.38. The number of nitrogens with one attached hydrogen (secondary N) is 1. The maximum atomic E-state index is 12.2. The highest BCUT2D eigenvalue weighted by Gasteiger charge is 2.26. The van der Waals surface area contributed by atoms with Crippen molar-refractivity contribution in [2.45, 2.75) is 6.92 Å². The lowest BCUT2D eigenvalue weighted by Gasteiger charge is -2.05. The van der Waals surface area contributed by atoms with Gasteiger partial charge in [-0.2, -0.15) is 0 Å². The number of amides is 1. The van der Waals surface area contributed by atoms with Crippen molar-refractivity contribution in [3.63, 3.8) is 0 Å². The van der Waals surface area contributed by atoms with E-state index in [0.717, 1.165) is 16.8 Å². The maximum absolute atomic E-state index is 12.2. The smallest absolute Gasteiger partial charge is 0.256 e. The highest BCUT2D eigenvalue weighted by Crippen LogP contribution is 2.39. The molecule has 0 atom stereocenters. The van der Waals surface area contributed by atoms with Crippen molar-refractivity contribution in [2.24, 2.45) is 0 Å². The second-order valence-corrected chi connectivity index (χ2v) is 6.32. The van der Waals surface area contributed by atoms with Crippen molar-refractivity contribution in [2.75, 3.05) is 5.32 Å². The molecule has 3 N–H and O–H groups in total. The number of hydrogen-bond donors (Lipinski definition) is 3. The lowest BCUT2D eigenvalue weighted by atomic mass is 10.0. The van der Waals surface area contributed by atoms with Gasteiger partial charge in [0.2, 0.25) is 0 Å². The summed E-state index contributed by atoms with van der Waals surface area (Å²) in [4.78, 5) is 12.2. The lowest BCUT2D eigenvalue weighted by molar-refractivity contribution is -0.110. The Labute approximate surface area is 140 Å². The molecule has 2 aromatic carbocycles. The molecule has 0 spiro atoms. The first kappa shape index (κ1) is 14.9. The van der Waals surface area contributed by atoms with Crippen LogP contribution in [0.5, 0.6) is 11.5 Å². The van der Waals surface area contributed by atoms with E-state index in [0.29, 0.717) is 20.6 Å². The van der Waals surface area contributed by atoms with E-state index in [1.165, 1.54) is 6.07 Å². The zero-order valence-electron chi connectivity index (χ0n) is 11.4. The van der Waals surface area contributed by atoms with Gasteiger partial charge in [0.25, 0.3) is 5.91 Å². The van der Waals surface area contributed by atoms with Crippen LogP contribution < -0.4 is 5.32 Å². The predicted molar refractivity (Wildman–Crippen MR) is 90.2 cm³/mol. The quantitative estimate of drug-likeness (QED) is 0.510. The molecule has 1 heterocycles. The average molecular weight is 381 g/mol. The Hall–Kier alpha value is -1.98. The Morgan fingerprint density at radius 3 is 2.64 bits per heavy atom. The van der Waals surface area contributed by atoms with E-state index in [-0.39, 0.29) is 17.4 Å². The highest BCUT2D eigenvalue weighted by molar-refractivity contribution is 9.10.